The zero-order valence-corrected chi connectivity index (χ0v) is 13.2. The molecule has 0 saturated heterocycles. The van der Waals surface area contributed by atoms with Gasteiger partial charge in [-0.05, 0) is 48.6 Å². The van der Waals surface area contributed by atoms with Crippen LogP contribution < -0.4 is 0 Å². The Morgan fingerprint density at radius 3 is 2.05 bits per heavy atom. The topological polar surface area (TPSA) is 29.5 Å². The first kappa shape index (κ1) is 15.5. The lowest BCUT2D eigenvalue weighted by Crippen LogP contribution is -2.41. The average Bonchev–Trinajstić information content (AvgIpc) is 2.48. The zero-order chi connectivity index (χ0) is 14.8. The predicted octanol–water partition coefficient (Wildman–Crippen LogP) is 4.44. The van der Waals surface area contributed by atoms with Gasteiger partial charge in [0, 0.05) is 7.11 Å². The van der Waals surface area contributed by atoms with E-state index in [1.54, 1.807) is 7.11 Å². The van der Waals surface area contributed by atoms with E-state index in [2.05, 4.69) is 45.0 Å². The van der Waals surface area contributed by atoms with Crippen molar-refractivity contribution in [2.24, 2.45) is 5.92 Å². The summed E-state index contributed by atoms with van der Waals surface area (Å²) in [4.78, 5) is 0. The first-order valence-corrected chi connectivity index (χ1v) is 7.81. The van der Waals surface area contributed by atoms with Gasteiger partial charge in [0.05, 0.1) is 5.60 Å². The third-order valence-electron chi connectivity index (χ3n) is 4.94. The van der Waals surface area contributed by atoms with Crippen LogP contribution in [-0.4, -0.2) is 17.8 Å². The molecule has 2 heteroatoms. The number of hydrogen-bond acceptors (Lipinski definition) is 2. The van der Waals surface area contributed by atoms with E-state index in [9.17, 15) is 5.11 Å². The third kappa shape index (κ3) is 3.07. The summed E-state index contributed by atoms with van der Waals surface area (Å²) in [7, 11) is 1.74. The van der Waals surface area contributed by atoms with E-state index in [1.807, 2.05) is 0 Å². The molecular formula is C18H28O2. The van der Waals surface area contributed by atoms with E-state index >= 15 is 0 Å². The first-order valence-electron chi connectivity index (χ1n) is 7.81. The molecule has 2 nitrogen and oxygen atoms in total. The van der Waals surface area contributed by atoms with Gasteiger partial charge in [-0.2, -0.15) is 0 Å². The van der Waals surface area contributed by atoms with Gasteiger partial charge >= 0.3 is 0 Å². The van der Waals surface area contributed by atoms with E-state index < -0.39 is 11.7 Å². The first-order chi connectivity index (χ1) is 9.48. The molecule has 0 spiro atoms. The number of rotatable bonds is 4. The molecule has 112 valence electrons. The summed E-state index contributed by atoms with van der Waals surface area (Å²) in [5.74, 6) is 1.27. The van der Waals surface area contributed by atoms with Gasteiger partial charge in [-0.15, -0.1) is 0 Å². The van der Waals surface area contributed by atoms with Crippen LogP contribution in [0.5, 0.6) is 0 Å². The van der Waals surface area contributed by atoms with E-state index in [1.165, 1.54) is 5.56 Å². The highest BCUT2D eigenvalue weighted by atomic mass is 16.5. The summed E-state index contributed by atoms with van der Waals surface area (Å²) >= 11 is 0. The van der Waals surface area contributed by atoms with Crippen molar-refractivity contribution < 1.29 is 9.84 Å². The van der Waals surface area contributed by atoms with Gasteiger partial charge in [-0.3, -0.25) is 0 Å². The molecule has 1 aromatic rings. The lowest BCUT2D eigenvalue weighted by molar-refractivity contribution is -0.130. The molecule has 2 rings (SSSR count). The molecule has 1 saturated carbocycles. The normalized spacial score (nSPS) is 28.6. The average molecular weight is 276 g/mol. The van der Waals surface area contributed by atoms with E-state index in [4.69, 9.17) is 4.74 Å². The molecule has 1 N–H and O–H groups in total. The van der Waals surface area contributed by atoms with Crippen LogP contribution in [0.25, 0.3) is 0 Å². The molecule has 1 atom stereocenters. The van der Waals surface area contributed by atoms with Crippen molar-refractivity contribution in [3.05, 3.63) is 35.4 Å². The van der Waals surface area contributed by atoms with Crippen molar-refractivity contribution in [3.8, 4) is 0 Å². The Morgan fingerprint density at radius 2 is 1.60 bits per heavy atom. The molecule has 1 aliphatic carbocycles. The Bertz CT molecular complexity index is 414. The highest BCUT2D eigenvalue weighted by Crippen LogP contribution is 2.42. The molecule has 0 aliphatic heterocycles. The predicted molar refractivity (Wildman–Crippen MR) is 82.9 cm³/mol. The fraction of sp³-hybridized carbons (Fsp3) is 0.667. The van der Waals surface area contributed by atoms with Gasteiger partial charge in [0.15, 0.2) is 0 Å². The highest BCUT2D eigenvalue weighted by Gasteiger charge is 2.41. The van der Waals surface area contributed by atoms with Crippen molar-refractivity contribution in [2.45, 2.75) is 64.1 Å². The summed E-state index contributed by atoms with van der Waals surface area (Å²) < 4.78 is 5.77. The number of benzene rings is 1. The van der Waals surface area contributed by atoms with Crippen LogP contribution in [0, 0.1) is 5.92 Å². The van der Waals surface area contributed by atoms with Crippen LogP contribution in [0.15, 0.2) is 24.3 Å². The lowest BCUT2D eigenvalue weighted by Gasteiger charge is -2.42. The number of hydrogen-bond donors (Lipinski definition) is 1. The number of methoxy groups -OCH3 is 1. The van der Waals surface area contributed by atoms with E-state index in [0.717, 1.165) is 37.2 Å². The summed E-state index contributed by atoms with van der Waals surface area (Å²) in [6, 6.07) is 8.35. The van der Waals surface area contributed by atoms with E-state index in [0.29, 0.717) is 5.92 Å². The maximum absolute atomic E-state index is 10.8. The third-order valence-corrected chi connectivity index (χ3v) is 4.94. The van der Waals surface area contributed by atoms with Gasteiger partial charge in [0.1, 0.15) is 6.10 Å². The molecule has 1 fully saturated rings. The Labute approximate surface area is 123 Å². The monoisotopic (exact) mass is 276 g/mol. The fourth-order valence-electron chi connectivity index (χ4n) is 3.21. The number of aliphatic hydroxyl groups is 1. The van der Waals surface area contributed by atoms with Gasteiger partial charge in [0.25, 0.3) is 0 Å². The Balaban J connectivity index is 2.17. The second kappa shape index (κ2) is 6.28. The minimum atomic E-state index is -0.527. The van der Waals surface area contributed by atoms with E-state index in [-0.39, 0.29) is 0 Å². The molecule has 0 heterocycles. The second-order valence-corrected chi connectivity index (χ2v) is 6.68. The Morgan fingerprint density at radius 1 is 1.10 bits per heavy atom. The van der Waals surface area contributed by atoms with Crippen LogP contribution in [0.3, 0.4) is 0 Å². The van der Waals surface area contributed by atoms with Gasteiger partial charge in [-0.25, -0.2) is 0 Å². The standard InChI is InChI=1S/C18H28O2/c1-13(2)15-5-7-16(8-6-15)17(19)18(20-4)11-9-14(3)10-12-18/h5-8,13-14,17,19H,9-12H2,1-4H3. The Hall–Kier alpha value is -0.860. The lowest BCUT2D eigenvalue weighted by atomic mass is 9.74. The van der Waals surface area contributed by atoms with Crippen LogP contribution in [0.1, 0.15) is 69.6 Å². The quantitative estimate of drug-likeness (QED) is 0.881. The molecule has 0 radical (unpaired) electrons. The minimum Gasteiger partial charge on any atom is -0.385 e. The number of aliphatic hydroxyl groups excluding tert-OH is 1. The maximum atomic E-state index is 10.8. The van der Waals surface area contributed by atoms with Gasteiger partial charge in [0.2, 0.25) is 0 Å². The van der Waals surface area contributed by atoms with Gasteiger partial charge < -0.3 is 9.84 Å². The molecule has 20 heavy (non-hydrogen) atoms. The SMILES string of the molecule is COC1(C(O)c2ccc(C(C)C)cc2)CCC(C)CC1. The second-order valence-electron chi connectivity index (χ2n) is 6.68. The molecule has 0 aromatic heterocycles. The maximum Gasteiger partial charge on any atom is 0.108 e. The summed E-state index contributed by atoms with van der Waals surface area (Å²) in [5, 5.41) is 10.8. The smallest absolute Gasteiger partial charge is 0.108 e. The minimum absolute atomic E-state index is 0.397. The van der Waals surface area contributed by atoms with Crippen molar-refractivity contribution in [1.29, 1.82) is 0 Å². The number of ether oxygens (including phenoxy) is 1. The molecule has 1 aromatic carbocycles. The summed E-state index contributed by atoms with van der Waals surface area (Å²) in [6.45, 7) is 6.65. The summed E-state index contributed by atoms with van der Waals surface area (Å²) in [5.41, 5.74) is 1.89. The van der Waals surface area contributed by atoms with Crippen molar-refractivity contribution in [1.82, 2.24) is 0 Å². The van der Waals surface area contributed by atoms with Crippen LogP contribution in [-0.2, 0) is 4.74 Å². The van der Waals surface area contributed by atoms with Crippen molar-refractivity contribution >= 4 is 0 Å². The highest BCUT2D eigenvalue weighted by molar-refractivity contribution is 5.27. The van der Waals surface area contributed by atoms with Crippen LogP contribution in [0.4, 0.5) is 0 Å². The largest absolute Gasteiger partial charge is 0.385 e. The van der Waals surface area contributed by atoms with Crippen molar-refractivity contribution in [2.75, 3.05) is 7.11 Å². The summed E-state index contributed by atoms with van der Waals surface area (Å²) in [6.07, 6.45) is 3.63. The Kier molecular flexibility index (Phi) is 4.87. The molecule has 1 aliphatic rings. The zero-order valence-electron chi connectivity index (χ0n) is 13.2. The fourth-order valence-corrected chi connectivity index (χ4v) is 3.21. The van der Waals surface area contributed by atoms with Gasteiger partial charge in [-0.1, -0.05) is 45.0 Å². The molecular weight excluding hydrogens is 248 g/mol. The molecule has 1 unspecified atom stereocenters. The van der Waals surface area contributed by atoms with Crippen LogP contribution >= 0.6 is 0 Å². The van der Waals surface area contributed by atoms with Crippen LogP contribution in [0.2, 0.25) is 0 Å². The molecule has 0 amide bonds. The van der Waals surface area contributed by atoms with Crippen molar-refractivity contribution in [3.63, 3.8) is 0 Å². The molecule has 0 bridgehead atoms.